The van der Waals surface area contributed by atoms with Crippen molar-refractivity contribution in [2.75, 3.05) is 37.6 Å². The first-order chi connectivity index (χ1) is 25.5. The molecule has 8 rings (SSSR count). The molecule has 6 aromatic rings. The second-order valence-electron chi connectivity index (χ2n) is 14.9. The van der Waals surface area contributed by atoms with Gasteiger partial charge in [0.2, 0.25) is 0 Å². The van der Waals surface area contributed by atoms with Crippen molar-refractivity contribution < 1.29 is 13.2 Å². The van der Waals surface area contributed by atoms with E-state index in [4.69, 9.17) is 11.6 Å². The number of benzene rings is 2. The molecule has 9 nitrogen and oxygen atoms in total. The third-order valence-corrected chi connectivity index (χ3v) is 13.1. The Labute approximate surface area is 318 Å². The zero-order chi connectivity index (χ0) is 36.7. The summed E-state index contributed by atoms with van der Waals surface area (Å²) < 4.78 is 30.3. The van der Waals surface area contributed by atoms with E-state index in [0.717, 1.165) is 72.9 Å². The van der Waals surface area contributed by atoms with Gasteiger partial charge in [0, 0.05) is 79.2 Å². The fourth-order valence-corrected chi connectivity index (χ4v) is 9.74. The van der Waals surface area contributed by atoms with Crippen molar-refractivity contribution in [1.82, 2.24) is 24.6 Å². The maximum Gasteiger partial charge on any atom is 0.265 e. The quantitative estimate of drug-likeness (QED) is 0.152. The summed E-state index contributed by atoms with van der Waals surface area (Å²) in [5.41, 5.74) is 7.95. The first-order valence-electron chi connectivity index (χ1n) is 17.9. The molecule has 2 aliphatic rings. The topological polar surface area (TPSA) is 111 Å². The van der Waals surface area contributed by atoms with Gasteiger partial charge in [-0.1, -0.05) is 43.2 Å². The molecule has 0 atom stereocenters. The van der Waals surface area contributed by atoms with E-state index in [9.17, 15) is 13.2 Å². The van der Waals surface area contributed by atoms with Gasteiger partial charge in [-0.15, -0.1) is 11.3 Å². The number of hydrogen-bond acceptors (Lipinski definition) is 8. The number of amides is 1. The highest BCUT2D eigenvalue weighted by Crippen LogP contribution is 2.43. The predicted octanol–water partition coefficient (Wildman–Crippen LogP) is 8.32. The summed E-state index contributed by atoms with van der Waals surface area (Å²) >= 11 is 7.64. The average molecular weight is 765 g/mol. The van der Waals surface area contributed by atoms with Crippen LogP contribution in [0, 0.1) is 5.41 Å². The Morgan fingerprint density at radius 3 is 2.62 bits per heavy atom. The van der Waals surface area contributed by atoms with Crippen molar-refractivity contribution in [2.24, 2.45) is 5.41 Å². The number of rotatable bonds is 9. The van der Waals surface area contributed by atoms with Crippen molar-refractivity contribution >= 4 is 71.4 Å². The number of H-pyrrole nitrogens is 1. The molecule has 0 saturated carbocycles. The smallest absolute Gasteiger partial charge is 0.265 e. The molecule has 53 heavy (non-hydrogen) atoms. The Morgan fingerprint density at radius 1 is 1.00 bits per heavy atom. The van der Waals surface area contributed by atoms with E-state index in [1.165, 1.54) is 40.7 Å². The van der Waals surface area contributed by atoms with Crippen molar-refractivity contribution in [3.8, 4) is 0 Å². The van der Waals surface area contributed by atoms with Crippen LogP contribution in [0.5, 0.6) is 0 Å². The van der Waals surface area contributed by atoms with E-state index in [1.807, 2.05) is 48.0 Å². The number of halogens is 1. The number of thiophene rings is 1. The SMILES string of the molecule is CC1(C)CCC(CN2CCN(c3ccc(S(=O)(=O)NC(=O)c4ccnc5sccc45)c(Cc4cnc5[nH]ccc5c4)c3)CC2)=C(c2ccc(Cl)cc2)C1. The lowest BCUT2D eigenvalue weighted by atomic mass is 9.72. The normalized spacial score (nSPS) is 16.8. The average Bonchev–Trinajstić information content (AvgIpc) is 3.82. The van der Waals surface area contributed by atoms with E-state index in [2.05, 4.69) is 55.5 Å². The van der Waals surface area contributed by atoms with Crippen LogP contribution >= 0.6 is 22.9 Å². The highest BCUT2D eigenvalue weighted by atomic mass is 35.5. The highest BCUT2D eigenvalue weighted by molar-refractivity contribution is 7.90. The standard InChI is InChI=1S/C41H41ClN6O3S2/c1-41(2)13-9-30(36(24-41)28-3-5-32(42)6-4-28)26-47-16-18-48(19-17-47)33-7-8-37(31(23-33)22-27-21-29-10-14-43-38(29)45-25-27)53(50,51)46-39(49)34-11-15-44-40-35(34)12-20-52-40/h3-8,10-12,14-15,20-21,23,25H,9,13,16-19,22,24,26H2,1-2H3,(H,43,45)(H,46,49). The molecule has 1 fully saturated rings. The number of nitrogens with zero attached hydrogens (tertiary/aromatic N) is 4. The summed E-state index contributed by atoms with van der Waals surface area (Å²) in [6.07, 6.45) is 8.76. The molecule has 0 bridgehead atoms. The number of fused-ring (bicyclic) bond motifs is 2. The number of nitrogens with one attached hydrogen (secondary N) is 2. The molecule has 4 aromatic heterocycles. The Balaban J connectivity index is 1.04. The molecular weight excluding hydrogens is 724 g/mol. The molecule has 12 heteroatoms. The summed E-state index contributed by atoms with van der Waals surface area (Å²) in [5.74, 6) is -0.687. The summed E-state index contributed by atoms with van der Waals surface area (Å²) in [6.45, 7) is 9.06. The third-order valence-electron chi connectivity index (χ3n) is 10.6. The van der Waals surface area contributed by atoms with E-state index in [-0.39, 0.29) is 15.9 Å². The summed E-state index contributed by atoms with van der Waals surface area (Å²) in [4.78, 5) is 31.0. The van der Waals surface area contributed by atoms with Gasteiger partial charge in [0.05, 0.1) is 10.5 Å². The maximum absolute atomic E-state index is 14.0. The molecule has 0 spiro atoms. The number of aromatic nitrogens is 3. The second kappa shape index (κ2) is 14.4. The van der Waals surface area contributed by atoms with Gasteiger partial charge in [-0.3, -0.25) is 9.69 Å². The van der Waals surface area contributed by atoms with Crippen LogP contribution in [0.3, 0.4) is 0 Å². The summed E-state index contributed by atoms with van der Waals surface area (Å²) in [5, 5.41) is 4.15. The molecular formula is C41H41ClN6O3S2. The Morgan fingerprint density at radius 2 is 1.81 bits per heavy atom. The lowest BCUT2D eigenvalue weighted by Gasteiger charge is -2.39. The first-order valence-corrected chi connectivity index (χ1v) is 20.6. The van der Waals surface area contributed by atoms with Gasteiger partial charge in [-0.25, -0.2) is 23.1 Å². The molecule has 0 unspecified atom stereocenters. The zero-order valence-electron chi connectivity index (χ0n) is 29.7. The number of carbonyl (C=O) groups excluding carboxylic acids is 1. The largest absolute Gasteiger partial charge is 0.369 e. The minimum Gasteiger partial charge on any atom is -0.369 e. The van der Waals surface area contributed by atoms with Crippen molar-refractivity contribution in [3.63, 3.8) is 0 Å². The summed E-state index contributed by atoms with van der Waals surface area (Å²) in [7, 11) is -4.24. The van der Waals surface area contributed by atoms with Crippen LogP contribution in [-0.4, -0.2) is 66.9 Å². The minimum absolute atomic E-state index is 0.0694. The van der Waals surface area contributed by atoms with E-state index in [1.54, 1.807) is 24.4 Å². The summed E-state index contributed by atoms with van der Waals surface area (Å²) in [6, 6.07) is 21.0. The van der Waals surface area contributed by atoms with E-state index in [0.29, 0.717) is 22.2 Å². The predicted molar refractivity (Wildman–Crippen MR) is 214 cm³/mol. The lowest BCUT2D eigenvalue weighted by Crippen LogP contribution is -2.47. The van der Waals surface area contributed by atoms with Crippen LogP contribution in [0.2, 0.25) is 5.02 Å². The van der Waals surface area contributed by atoms with Crippen LogP contribution in [0.1, 0.15) is 60.2 Å². The molecule has 1 amide bonds. The van der Waals surface area contributed by atoms with Crippen LogP contribution in [0.4, 0.5) is 5.69 Å². The highest BCUT2D eigenvalue weighted by Gasteiger charge is 2.30. The Bertz CT molecular complexity index is 2460. The molecule has 1 aliphatic carbocycles. The number of piperazine rings is 1. The van der Waals surface area contributed by atoms with Crippen LogP contribution in [0.25, 0.3) is 26.8 Å². The lowest BCUT2D eigenvalue weighted by molar-refractivity contribution is 0.0983. The second-order valence-corrected chi connectivity index (χ2v) is 17.8. The van der Waals surface area contributed by atoms with Gasteiger partial charge in [-0.2, -0.15) is 0 Å². The van der Waals surface area contributed by atoms with Crippen LogP contribution in [0.15, 0.2) is 101 Å². The van der Waals surface area contributed by atoms with Crippen molar-refractivity contribution in [2.45, 2.75) is 44.4 Å². The monoisotopic (exact) mass is 764 g/mol. The minimum atomic E-state index is -4.24. The molecule has 5 heterocycles. The molecule has 2 N–H and O–H groups in total. The maximum atomic E-state index is 14.0. The first kappa shape index (κ1) is 35.5. The fraction of sp³-hybridized carbons (Fsp3) is 0.293. The Kier molecular flexibility index (Phi) is 9.61. The molecule has 1 aliphatic heterocycles. The third kappa shape index (κ3) is 7.62. The van der Waals surface area contributed by atoms with E-state index >= 15 is 0 Å². The number of carbonyl (C=O) groups is 1. The number of pyridine rings is 2. The Hall–Kier alpha value is -4.55. The number of sulfonamides is 1. The zero-order valence-corrected chi connectivity index (χ0v) is 32.1. The number of hydrogen-bond donors (Lipinski definition) is 2. The van der Waals surface area contributed by atoms with Crippen LogP contribution in [-0.2, 0) is 16.4 Å². The van der Waals surface area contributed by atoms with Gasteiger partial charge in [-0.05, 0) is 107 Å². The van der Waals surface area contributed by atoms with Crippen molar-refractivity contribution in [1.29, 1.82) is 0 Å². The fourth-order valence-electron chi connectivity index (χ4n) is 7.67. The molecule has 2 aromatic carbocycles. The van der Waals surface area contributed by atoms with Gasteiger partial charge in [0.15, 0.2) is 0 Å². The number of anilines is 1. The van der Waals surface area contributed by atoms with Crippen molar-refractivity contribution in [3.05, 3.63) is 124 Å². The van der Waals surface area contributed by atoms with Gasteiger partial charge in [0.1, 0.15) is 10.5 Å². The van der Waals surface area contributed by atoms with E-state index < -0.39 is 15.9 Å². The molecule has 1 saturated heterocycles. The van der Waals surface area contributed by atoms with Crippen LogP contribution < -0.4 is 9.62 Å². The van der Waals surface area contributed by atoms with Gasteiger partial charge >= 0.3 is 0 Å². The number of allylic oxidation sites excluding steroid dienone is 1. The molecule has 0 radical (unpaired) electrons. The molecule has 272 valence electrons. The van der Waals surface area contributed by atoms with Gasteiger partial charge < -0.3 is 9.88 Å². The van der Waals surface area contributed by atoms with Gasteiger partial charge in [0.25, 0.3) is 15.9 Å². The number of aromatic amines is 1.